The molecule has 0 spiro atoms. The summed E-state index contributed by atoms with van der Waals surface area (Å²) in [6, 6.07) is 4.58. The van der Waals surface area contributed by atoms with Crippen molar-refractivity contribution in [1.82, 2.24) is 34.3 Å². The lowest BCUT2D eigenvalue weighted by atomic mass is 10.2. The van der Waals surface area contributed by atoms with E-state index in [-0.39, 0.29) is 0 Å². The minimum absolute atomic E-state index is 0.640. The molecule has 282 valence electrons. The SMILES string of the molecule is CC(C)N1CCCN(C(C)C)CCCN(C(C)C)CCC1.CC(C)N1CCCN(C(C)C)CCN(C(C)C)CCCN(C(C)C)CC1. The molecule has 7 heteroatoms. The van der Waals surface area contributed by atoms with Crippen LogP contribution in [0.15, 0.2) is 0 Å². The van der Waals surface area contributed by atoms with E-state index >= 15 is 0 Å². The van der Waals surface area contributed by atoms with Crippen molar-refractivity contribution in [1.29, 1.82) is 0 Å². The van der Waals surface area contributed by atoms with Crippen LogP contribution in [0.4, 0.5) is 0 Å². The molecule has 2 fully saturated rings. The van der Waals surface area contributed by atoms with Crippen molar-refractivity contribution in [2.75, 3.05) is 91.6 Å². The standard InChI is InChI=1S/C22H48N4.C18H39N3/c1-19(2)23-11-9-12-25(21(5)6)17-18-26(22(7)8)14-10-13-24(16-15-23)20(3)4;1-16(2)19-10-7-12-20(17(3)4)14-9-15-21(18(5)6)13-8-11-19/h19-22H,9-18H2,1-8H3;16-18H,7-15H2,1-6H3. The van der Waals surface area contributed by atoms with E-state index in [0.717, 1.165) is 0 Å². The molecule has 0 aromatic rings. The fraction of sp³-hybridized carbons (Fsp3) is 1.00. The lowest BCUT2D eigenvalue weighted by molar-refractivity contribution is 0.114. The average molecular weight is 666 g/mol. The molecule has 0 bridgehead atoms. The van der Waals surface area contributed by atoms with Gasteiger partial charge < -0.3 is 14.7 Å². The van der Waals surface area contributed by atoms with Crippen LogP contribution in [-0.4, -0.2) is 168 Å². The molecule has 2 heterocycles. The van der Waals surface area contributed by atoms with Crippen LogP contribution in [0.1, 0.15) is 129 Å². The molecule has 0 saturated carbocycles. The van der Waals surface area contributed by atoms with Crippen LogP contribution in [0, 0.1) is 0 Å². The first-order chi connectivity index (χ1) is 22.1. The van der Waals surface area contributed by atoms with Gasteiger partial charge in [-0.05, 0) is 194 Å². The van der Waals surface area contributed by atoms with Crippen LogP contribution in [0.2, 0.25) is 0 Å². The Kier molecular flexibility index (Phi) is 23.6. The molecule has 0 aliphatic carbocycles. The zero-order valence-electron chi connectivity index (χ0n) is 34.6. The van der Waals surface area contributed by atoms with Crippen molar-refractivity contribution in [3.63, 3.8) is 0 Å². The lowest BCUT2D eigenvalue weighted by Crippen LogP contribution is -2.46. The molecular formula is C40H87N7. The number of hydrogen-bond acceptors (Lipinski definition) is 7. The quantitative estimate of drug-likeness (QED) is 0.291. The molecule has 0 amide bonds. The van der Waals surface area contributed by atoms with E-state index in [2.05, 4.69) is 131 Å². The summed E-state index contributed by atoms with van der Waals surface area (Å²) in [7, 11) is 0. The fourth-order valence-corrected chi connectivity index (χ4v) is 7.30. The molecule has 0 radical (unpaired) electrons. The highest BCUT2D eigenvalue weighted by molar-refractivity contribution is 4.76. The Morgan fingerprint density at radius 3 is 0.404 bits per heavy atom. The Morgan fingerprint density at radius 1 is 0.191 bits per heavy atom. The van der Waals surface area contributed by atoms with E-state index < -0.39 is 0 Å². The normalized spacial score (nSPS) is 22.7. The van der Waals surface area contributed by atoms with Gasteiger partial charge in [-0.1, -0.05) is 0 Å². The lowest BCUT2D eigenvalue weighted by Gasteiger charge is -2.36. The van der Waals surface area contributed by atoms with Gasteiger partial charge in [0, 0.05) is 68.5 Å². The van der Waals surface area contributed by atoms with Crippen LogP contribution in [0.5, 0.6) is 0 Å². The number of rotatable bonds is 7. The summed E-state index contributed by atoms with van der Waals surface area (Å²) in [4.78, 5) is 18.7. The van der Waals surface area contributed by atoms with Crippen molar-refractivity contribution in [3.8, 4) is 0 Å². The molecule has 2 saturated heterocycles. The third kappa shape index (κ3) is 19.1. The van der Waals surface area contributed by atoms with Crippen LogP contribution in [0.3, 0.4) is 0 Å². The summed E-state index contributed by atoms with van der Waals surface area (Å²) in [5.41, 5.74) is 0. The van der Waals surface area contributed by atoms with Crippen molar-refractivity contribution in [2.45, 2.75) is 171 Å². The van der Waals surface area contributed by atoms with E-state index in [0.29, 0.717) is 42.3 Å². The second-order valence-corrected chi connectivity index (χ2v) is 16.7. The fourth-order valence-electron chi connectivity index (χ4n) is 7.30. The van der Waals surface area contributed by atoms with Gasteiger partial charge in [0.05, 0.1) is 0 Å². The maximum Gasteiger partial charge on any atom is 0.0112 e. The molecule has 0 atom stereocenters. The molecule has 0 N–H and O–H groups in total. The highest BCUT2D eigenvalue weighted by Gasteiger charge is 2.20. The van der Waals surface area contributed by atoms with Crippen LogP contribution in [0.25, 0.3) is 0 Å². The molecule has 0 aromatic heterocycles. The van der Waals surface area contributed by atoms with Gasteiger partial charge in [0.2, 0.25) is 0 Å². The van der Waals surface area contributed by atoms with E-state index in [1.807, 2.05) is 0 Å². The highest BCUT2D eigenvalue weighted by atomic mass is 15.2. The predicted octanol–water partition coefficient (Wildman–Crippen LogP) is 6.92. The molecule has 0 unspecified atom stereocenters. The molecule has 0 aromatic carbocycles. The summed E-state index contributed by atoms with van der Waals surface area (Å²) in [5.74, 6) is 0. The largest absolute Gasteiger partial charge is 0.301 e. The Labute approximate surface area is 296 Å². The van der Waals surface area contributed by atoms with Gasteiger partial charge in [-0.25, -0.2) is 0 Å². The second-order valence-electron chi connectivity index (χ2n) is 16.7. The third-order valence-electron chi connectivity index (χ3n) is 10.9. The molecule has 2 rings (SSSR count). The first-order valence-electron chi connectivity index (χ1n) is 20.3. The van der Waals surface area contributed by atoms with Gasteiger partial charge in [-0.15, -0.1) is 0 Å². The molecule has 2 aliphatic rings. The van der Waals surface area contributed by atoms with E-state index in [4.69, 9.17) is 0 Å². The van der Waals surface area contributed by atoms with Crippen LogP contribution >= 0.6 is 0 Å². The summed E-state index contributed by atoms with van der Waals surface area (Å²) in [6.45, 7) is 50.0. The molecule has 47 heavy (non-hydrogen) atoms. The van der Waals surface area contributed by atoms with Crippen LogP contribution in [-0.2, 0) is 0 Å². The molecular weight excluding hydrogens is 578 g/mol. The van der Waals surface area contributed by atoms with Crippen LogP contribution < -0.4 is 0 Å². The summed E-state index contributed by atoms with van der Waals surface area (Å²) in [5, 5.41) is 0. The third-order valence-corrected chi connectivity index (χ3v) is 10.9. The number of nitrogens with zero attached hydrogens (tertiary/aromatic N) is 7. The van der Waals surface area contributed by atoms with Crippen molar-refractivity contribution < 1.29 is 0 Å². The molecule has 7 nitrogen and oxygen atoms in total. The van der Waals surface area contributed by atoms with Gasteiger partial charge in [-0.3, -0.25) is 19.6 Å². The maximum absolute atomic E-state index is 2.68. The smallest absolute Gasteiger partial charge is 0.0112 e. The van der Waals surface area contributed by atoms with E-state index in [1.54, 1.807) is 0 Å². The van der Waals surface area contributed by atoms with Crippen molar-refractivity contribution in [2.24, 2.45) is 0 Å². The molecule has 2 aliphatic heterocycles. The monoisotopic (exact) mass is 666 g/mol. The van der Waals surface area contributed by atoms with E-state index in [9.17, 15) is 0 Å². The summed E-state index contributed by atoms with van der Waals surface area (Å²) in [6.07, 6.45) is 6.48. The van der Waals surface area contributed by atoms with E-state index in [1.165, 1.54) is 124 Å². The van der Waals surface area contributed by atoms with Gasteiger partial charge in [-0.2, -0.15) is 0 Å². The van der Waals surface area contributed by atoms with Gasteiger partial charge in [0.15, 0.2) is 0 Å². The predicted molar refractivity (Wildman–Crippen MR) is 210 cm³/mol. The van der Waals surface area contributed by atoms with Crippen molar-refractivity contribution in [3.05, 3.63) is 0 Å². The topological polar surface area (TPSA) is 22.7 Å². The van der Waals surface area contributed by atoms with Crippen molar-refractivity contribution >= 4 is 0 Å². The Bertz CT molecular complexity index is 617. The highest BCUT2D eigenvalue weighted by Crippen LogP contribution is 2.12. The minimum atomic E-state index is 0.640. The first kappa shape index (κ1) is 44.7. The average Bonchev–Trinajstić information content (AvgIpc) is 2.97. The minimum Gasteiger partial charge on any atom is -0.301 e. The second kappa shape index (κ2) is 24.8. The number of hydrogen-bond donors (Lipinski definition) is 0. The summed E-state index contributed by atoms with van der Waals surface area (Å²) >= 11 is 0. The van der Waals surface area contributed by atoms with Gasteiger partial charge >= 0.3 is 0 Å². The maximum atomic E-state index is 2.68. The Hall–Kier alpha value is -0.280. The zero-order valence-corrected chi connectivity index (χ0v) is 34.6. The Morgan fingerprint density at radius 2 is 0.298 bits per heavy atom. The zero-order chi connectivity index (χ0) is 35.5. The van der Waals surface area contributed by atoms with Gasteiger partial charge in [0.1, 0.15) is 0 Å². The summed E-state index contributed by atoms with van der Waals surface area (Å²) < 4.78 is 0. The first-order valence-corrected chi connectivity index (χ1v) is 20.3. The van der Waals surface area contributed by atoms with Gasteiger partial charge in [0.25, 0.3) is 0 Å². The Balaban J connectivity index is 0.000000481.